The minimum Gasteiger partial charge on any atom is -0.467 e. The molecule has 0 amide bonds. The molecule has 0 aromatic carbocycles. The number of halogens is 1. The van der Waals surface area contributed by atoms with Crippen molar-refractivity contribution in [2.45, 2.75) is 18.6 Å². The first-order chi connectivity index (χ1) is 9.52. The molecular formula is C14H18ClNO2S2. The molecule has 0 radical (unpaired) electrons. The van der Waals surface area contributed by atoms with E-state index < -0.39 is 5.60 Å². The Balaban J connectivity index is 2.12. The van der Waals surface area contributed by atoms with Crippen LogP contribution in [0.15, 0.2) is 34.9 Å². The molecule has 0 aliphatic carbocycles. The average molecular weight is 332 g/mol. The molecule has 0 aliphatic heterocycles. The zero-order valence-electron chi connectivity index (χ0n) is 11.4. The molecule has 2 aromatic heterocycles. The van der Waals surface area contributed by atoms with Crippen LogP contribution in [0.1, 0.15) is 23.6 Å². The van der Waals surface area contributed by atoms with Crippen molar-refractivity contribution in [3.05, 3.63) is 45.5 Å². The van der Waals surface area contributed by atoms with E-state index in [1.54, 1.807) is 18.0 Å². The van der Waals surface area contributed by atoms with Gasteiger partial charge in [0.2, 0.25) is 0 Å². The lowest BCUT2D eigenvalue weighted by atomic mass is 10.1. The Bertz CT molecular complexity index is 525. The van der Waals surface area contributed by atoms with Crippen LogP contribution in [0.3, 0.4) is 0 Å². The first kappa shape index (κ1) is 15.9. The van der Waals surface area contributed by atoms with E-state index in [4.69, 9.17) is 16.0 Å². The standard InChI is InChI=1S/C14H18ClNO2S2/c1-14(17,9-19-2)8-16-13(10-4-3-7-18-10)11-5-6-12(15)20-11/h3-7,13,16-17H,8-9H2,1-2H3. The molecule has 0 spiro atoms. The monoisotopic (exact) mass is 331 g/mol. The van der Waals surface area contributed by atoms with E-state index in [9.17, 15) is 5.11 Å². The highest BCUT2D eigenvalue weighted by atomic mass is 35.5. The molecule has 2 unspecified atom stereocenters. The number of furan rings is 1. The second-order valence-electron chi connectivity index (χ2n) is 4.90. The Morgan fingerprint density at radius 3 is 2.85 bits per heavy atom. The van der Waals surface area contributed by atoms with Gasteiger partial charge in [0.05, 0.1) is 16.2 Å². The number of nitrogens with one attached hydrogen (secondary N) is 1. The van der Waals surface area contributed by atoms with Crippen LogP contribution in [0.5, 0.6) is 0 Å². The van der Waals surface area contributed by atoms with Crippen molar-refractivity contribution >= 4 is 34.7 Å². The van der Waals surface area contributed by atoms with Crippen LogP contribution >= 0.6 is 34.7 Å². The van der Waals surface area contributed by atoms with E-state index in [1.165, 1.54) is 11.3 Å². The molecule has 2 rings (SSSR count). The first-order valence-corrected chi connectivity index (χ1v) is 8.84. The number of thiophene rings is 1. The molecule has 3 nitrogen and oxygen atoms in total. The summed E-state index contributed by atoms with van der Waals surface area (Å²) in [5.74, 6) is 1.50. The summed E-state index contributed by atoms with van der Waals surface area (Å²) in [6.07, 6.45) is 3.64. The minimum absolute atomic E-state index is 0.0872. The fourth-order valence-corrected chi connectivity index (χ4v) is 3.83. The van der Waals surface area contributed by atoms with Gasteiger partial charge in [-0.25, -0.2) is 0 Å². The largest absolute Gasteiger partial charge is 0.467 e. The van der Waals surface area contributed by atoms with E-state index in [0.29, 0.717) is 12.3 Å². The van der Waals surface area contributed by atoms with Gasteiger partial charge in [0.1, 0.15) is 11.8 Å². The van der Waals surface area contributed by atoms with Gasteiger partial charge in [0.25, 0.3) is 0 Å². The summed E-state index contributed by atoms with van der Waals surface area (Å²) in [6.45, 7) is 2.31. The van der Waals surface area contributed by atoms with Gasteiger partial charge in [0.15, 0.2) is 0 Å². The molecule has 6 heteroatoms. The normalized spacial score (nSPS) is 16.0. The molecule has 2 heterocycles. The number of aliphatic hydroxyl groups is 1. The molecule has 0 bridgehead atoms. The van der Waals surface area contributed by atoms with E-state index >= 15 is 0 Å². The summed E-state index contributed by atoms with van der Waals surface area (Å²) in [5, 5.41) is 13.6. The predicted octanol–water partition coefficient (Wildman–Crippen LogP) is 3.79. The minimum atomic E-state index is -0.759. The van der Waals surface area contributed by atoms with Crippen LogP contribution in [0.2, 0.25) is 4.34 Å². The maximum Gasteiger partial charge on any atom is 0.126 e. The quantitative estimate of drug-likeness (QED) is 0.810. The smallest absolute Gasteiger partial charge is 0.126 e. The summed E-state index contributed by atoms with van der Waals surface area (Å²) < 4.78 is 6.24. The van der Waals surface area contributed by atoms with Gasteiger partial charge in [-0.3, -0.25) is 0 Å². The third-order valence-electron chi connectivity index (χ3n) is 2.85. The van der Waals surface area contributed by atoms with Crippen LogP contribution in [0.4, 0.5) is 0 Å². The van der Waals surface area contributed by atoms with Gasteiger partial charge in [-0.1, -0.05) is 11.6 Å². The molecule has 110 valence electrons. The Kier molecular flexibility index (Phi) is 5.57. The molecule has 0 fully saturated rings. The van der Waals surface area contributed by atoms with Crippen molar-refractivity contribution in [2.24, 2.45) is 0 Å². The van der Waals surface area contributed by atoms with E-state index in [1.807, 2.05) is 37.4 Å². The van der Waals surface area contributed by atoms with Gasteiger partial charge in [-0.15, -0.1) is 11.3 Å². The van der Waals surface area contributed by atoms with Crippen molar-refractivity contribution in [1.82, 2.24) is 5.32 Å². The lowest BCUT2D eigenvalue weighted by Gasteiger charge is -2.25. The molecule has 2 aromatic rings. The topological polar surface area (TPSA) is 45.4 Å². The van der Waals surface area contributed by atoms with E-state index in [-0.39, 0.29) is 6.04 Å². The SMILES string of the molecule is CSCC(C)(O)CNC(c1ccco1)c1ccc(Cl)s1. The van der Waals surface area contributed by atoms with E-state index in [2.05, 4.69) is 5.32 Å². The summed E-state index contributed by atoms with van der Waals surface area (Å²) in [6, 6.07) is 7.56. The lowest BCUT2D eigenvalue weighted by molar-refractivity contribution is 0.0822. The zero-order valence-corrected chi connectivity index (χ0v) is 13.8. The first-order valence-electron chi connectivity index (χ1n) is 6.25. The fourth-order valence-electron chi connectivity index (χ4n) is 1.96. The molecule has 0 saturated carbocycles. The highest BCUT2D eigenvalue weighted by Gasteiger charge is 2.24. The van der Waals surface area contributed by atoms with Crippen LogP contribution in [-0.4, -0.2) is 29.3 Å². The zero-order chi connectivity index (χ0) is 14.6. The molecule has 0 saturated heterocycles. The lowest BCUT2D eigenvalue weighted by Crippen LogP contribution is -2.41. The highest BCUT2D eigenvalue weighted by Crippen LogP contribution is 2.31. The third-order valence-corrected chi connectivity index (χ3v) is 5.06. The molecular weight excluding hydrogens is 314 g/mol. The van der Waals surface area contributed by atoms with Crippen LogP contribution in [0, 0.1) is 0 Å². The van der Waals surface area contributed by atoms with Crippen LogP contribution < -0.4 is 5.32 Å². The predicted molar refractivity (Wildman–Crippen MR) is 86.9 cm³/mol. The van der Waals surface area contributed by atoms with Crippen LogP contribution in [0.25, 0.3) is 0 Å². The second-order valence-corrected chi connectivity index (χ2v) is 7.51. The van der Waals surface area contributed by atoms with Gasteiger partial charge in [-0.2, -0.15) is 11.8 Å². The van der Waals surface area contributed by atoms with Gasteiger partial charge >= 0.3 is 0 Å². The van der Waals surface area contributed by atoms with E-state index in [0.717, 1.165) is 15.0 Å². The van der Waals surface area contributed by atoms with Crippen molar-refractivity contribution in [2.75, 3.05) is 18.6 Å². The number of hydrogen-bond donors (Lipinski definition) is 2. The second kappa shape index (κ2) is 7.00. The summed E-state index contributed by atoms with van der Waals surface area (Å²) in [7, 11) is 0. The van der Waals surface area contributed by atoms with Gasteiger partial charge in [0, 0.05) is 17.2 Å². The van der Waals surface area contributed by atoms with Gasteiger partial charge in [-0.05, 0) is 37.4 Å². The van der Waals surface area contributed by atoms with Crippen LogP contribution in [-0.2, 0) is 0 Å². The number of rotatable bonds is 7. The molecule has 20 heavy (non-hydrogen) atoms. The summed E-state index contributed by atoms with van der Waals surface area (Å²) in [5.41, 5.74) is -0.759. The average Bonchev–Trinajstić information content (AvgIpc) is 3.01. The Hall–Kier alpha value is -0.460. The molecule has 0 aliphatic rings. The van der Waals surface area contributed by atoms with Crippen molar-refractivity contribution < 1.29 is 9.52 Å². The maximum atomic E-state index is 10.3. The van der Waals surface area contributed by atoms with Gasteiger partial charge < -0.3 is 14.8 Å². The van der Waals surface area contributed by atoms with Crippen molar-refractivity contribution in [1.29, 1.82) is 0 Å². The number of thioether (sulfide) groups is 1. The number of hydrogen-bond acceptors (Lipinski definition) is 5. The Morgan fingerprint density at radius 1 is 1.50 bits per heavy atom. The van der Waals surface area contributed by atoms with Crippen molar-refractivity contribution in [3.8, 4) is 0 Å². The highest BCUT2D eigenvalue weighted by molar-refractivity contribution is 7.98. The molecule has 2 N–H and O–H groups in total. The summed E-state index contributed by atoms with van der Waals surface area (Å²) in [4.78, 5) is 1.07. The van der Waals surface area contributed by atoms with Crippen molar-refractivity contribution in [3.63, 3.8) is 0 Å². The fraction of sp³-hybridized carbons (Fsp3) is 0.429. The Labute approximate surface area is 132 Å². The summed E-state index contributed by atoms with van der Waals surface area (Å²) >= 11 is 9.15. The molecule has 2 atom stereocenters. The Morgan fingerprint density at radius 2 is 2.30 bits per heavy atom. The third kappa shape index (κ3) is 4.27. The maximum absolute atomic E-state index is 10.3.